The van der Waals surface area contributed by atoms with Crippen LogP contribution in [0, 0.1) is 41.3 Å². The Labute approximate surface area is 237 Å². The lowest BCUT2D eigenvalue weighted by atomic mass is 10.1. The van der Waals surface area contributed by atoms with Crippen LogP contribution < -0.4 is 9.47 Å². The van der Waals surface area contributed by atoms with Gasteiger partial charge in [-0.3, -0.25) is 0 Å². The maximum absolute atomic E-state index is 14.7. The van der Waals surface area contributed by atoms with Gasteiger partial charge in [-0.2, -0.15) is 0 Å². The first-order valence-corrected chi connectivity index (χ1v) is 12.3. The van der Waals surface area contributed by atoms with Gasteiger partial charge >= 0.3 is 11.9 Å². The van der Waals surface area contributed by atoms with E-state index in [9.17, 15) is 14.0 Å². The number of para-hydroxylation sites is 1. The van der Waals surface area contributed by atoms with Crippen molar-refractivity contribution in [3.63, 3.8) is 0 Å². The summed E-state index contributed by atoms with van der Waals surface area (Å²) in [6, 6.07) is 25.5. The van der Waals surface area contributed by atoms with Crippen molar-refractivity contribution in [3.05, 3.63) is 156 Å². The first kappa shape index (κ1) is 27.9. The van der Waals surface area contributed by atoms with Gasteiger partial charge in [-0.05, 0) is 72.8 Å². The molecule has 0 heterocycles. The van der Waals surface area contributed by atoms with E-state index >= 15 is 0 Å². The summed E-state index contributed by atoms with van der Waals surface area (Å²) in [5.74, 6) is 16.7. The molecule has 5 heteroatoms. The van der Waals surface area contributed by atoms with Crippen LogP contribution in [0.4, 0.5) is 4.39 Å². The first-order chi connectivity index (χ1) is 19.9. The van der Waals surface area contributed by atoms with Gasteiger partial charge in [0, 0.05) is 34.4 Å². The molecule has 0 N–H and O–H groups in total. The second-order valence-electron chi connectivity index (χ2n) is 8.30. The van der Waals surface area contributed by atoms with E-state index in [2.05, 4.69) is 48.7 Å². The second kappa shape index (κ2) is 13.6. The van der Waals surface area contributed by atoms with E-state index in [-0.39, 0.29) is 11.3 Å². The highest BCUT2D eigenvalue weighted by molar-refractivity contribution is 5.84. The normalized spacial score (nSPS) is 9.39. The maximum Gasteiger partial charge on any atom is 0.335 e. The molecule has 0 bridgehead atoms. The van der Waals surface area contributed by atoms with Gasteiger partial charge in [0.1, 0.15) is 17.3 Å². The van der Waals surface area contributed by atoms with Crippen LogP contribution in [0.15, 0.2) is 116 Å². The molecule has 0 spiro atoms. The summed E-state index contributed by atoms with van der Waals surface area (Å²) in [7, 11) is 0. The number of ether oxygens (including phenoxy) is 2. The van der Waals surface area contributed by atoms with Crippen LogP contribution in [0.1, 0.15) is 33.4 Å². The van der Waals surface area contributed by atoms with Gasteiger partial charge in [-0.1, -0.05) is 66.9 Å². The quantitative estimate of drug-likeness (QED) is 0.135. The summed E-state index contributed by atoms with van der Waals surface area (Å²) in [5.41, 5.74) is 3.34. The van der Waals surface area contributed by atoms with Crippen LogP contribution in [-0.4, -0.2) is 11.9 Å². The van der Waals surface area contributed by atoms with Gasteiger partial charge < -0.3 is 9.47 Å². The molecule has 0 saturated carbocycles. The highest BCUT2D eigenvalue weighted by Crippen LogP contribution is 2.18. The number of esters is 2. The summed E-state index contributed by atoms with van der Waals surface area (Å²) in [5, 5.41) is 0. The van der Waals surface area contributed by atoms with E-state index in [1.807, 2.05) is 30.3 Å². The smallest absolute Gasteiger partial charge is 0.335 e. The van der Waals surface area contributed by atoms with Gasteiger partial charge in [0.25, 0.3) is 0 Å². The molecule has 41 heavy (non-hydrogen) atoms. The van der Waals surface area contributed by atoms with Gasteiger partial charge in [-0.25, -0.2) is 14.0 Å². The summed E-state index contributed by atoms with van der Waals surface area (Å²) >= 11 is 0. The minimum atomic E-state index is -0.605. The monoisotopic (exact) mass is 536 g/mol. The molecule has 0 fully saturated rings. The predicted octanol–water partition coefficient (Wildman–Crippen LogP) is 6.21. The Hall–Kier alpha value is -6.09. The largest absolute Gasteiger partial charge is 0.423 e. The van der Waals surface area contributed by atoms with Crippen molar-refractivity contribution >= 4 is 11.9 Å². The molecule has 0 aliphatic heterocycles. The standard InChI is InChI=1S/C36H21FO4/c1-3-35(38)40-32-10-7-8-28(24-32)18-16-26-12-14-27(15-13-26)17-19-29-20-21-30(33(37)25-29)22-23-31-9-5-6-11-34(31)41-36(39)4-2/h3-15,20-21,24-25H,1-2H2. The number of hydrogen-bond acceptors (Lipinski definition) is 4. The van der Waals surface area contributed by atoms with Crippen molar-refractivity contribution < 1.29 is 23.5 Å². The summed E-state index contributed by atoms with van der Waals surface area (Å²) in [6.45, 7) is 6.76. The Kier molecular flexibility index (Phi) is 9.29. The molecule has 4 nitrogen and oxygen atoms in total. The minimum absolute atomic E-state index is 0.188. The molecule has 4 aromatic rings. The highest BCUT2D eigenvalue weighted by Gasteiger charge is 2.05. The Morgan fingerprint density at radius 1 is 0.585 bits per heavy atom. The van der Waals surface area contributed by atoms with Crippen LogP contribution in [0.3, 0.4) is 0 Å². The molecule has 0 aromatic heterocycles. The number of rotatable bonds is 4. The van der Waals surface area contributed by atoms with Gasteiger partial charge in [0.05, 0.1) is 11.1 Å². The molecule has 196 valence electrons. The maximum atomic E-state index is 14.7. The van der Waals surface area contributed by atoms with Crippen LogP contribution >= 0.6 is 0 Å². The molecular formula is C36H21FO4. The predicted molar refractivity (Wildman–Crippen MR) is 155 cm³/mol. The van der Waals surface area contributed by atoms with Crippen LogP contribution in [0.25, 0.3) is 0 Å². The SMILES string of the molecule is C=CC(=O)Oc1cccc(C#Cc2ccc(C#Cc3ccc(C#Cc4ccccc4OC(=O)C=C)c(F)c3)cc2)c1. The lowest BCUT2D eigenvalue weighted by molar-refractivity contribution is -0.129. The van der Waals surface area contributed by atoms with Crippen molar-refractivity contribution in [2.45, 2.75) is 0 Å². The van der Waals surface area contributed by atoms with Gasteiger partial charge in [0.2, 0.25) is 0 Å². The molecule has 0 unspecified atom stereocenters. The average molecular weight is 537 g/mol. The molecule has 0 aliphatic carbocycles. The van der Waals surface area contributed by atoms with Crippen molar-refractivity contribution in [3.8, 4) is 47.0 Å². The summed E-state index contributed by atoms with van der Waals surface area (Å²) < 4.78 is 25.0. The highest BCUT2D eigenvalue weighted by atomic mass is 19.1. The fourth-order valence-corrected chi connectivity index (χ4v) is 3.36. The van der Waals surface area contributed by atoms with Crippen LogP contribution in [-0.2, 0) is 9.59 Å². The number of benzene rings is 4. The zero-order chi connectivity index (χ0) is 29.0. The Balaban J connectivity index is 1.44. The zero-order valence-corrected chi connectivity index (χ0v) is 21.7. The Bertz CT molecular complexity index is 1830. The molecule has 0 radical (unpaired) electrons. The van der Waals surface area contributed by atoms with E-state index < -0.39 is 17.8 Å². The summed E-state index contributed by atoms with van der Waals surface area (Å²) in [4.78, 5) is 22.9. The third-order valence-electron chi connectivity index (χ3n) is 5.37. The molecule has 0 amide bonds. The lowest BCUT2D eigenvalue weighted by Crippen LogP contribution is -2.04. The van der Waals surface area contributed by atoms with E-state index in [0.29, 0.717) is 22.4 Å². The van der Waals surface area contributed by atoms with Crippen LogP contribution in [0.2, 0.25) is 0 Å². The lowest BCUT2D eigenvalue weighted by Gasteiger charge is -2.03. The van der Waals surface area contributed by atoms with E-state index in [4.69, 9.17) is 9.47 Å². The third kappa shape index (κ3) is 8.20. The number of halogens is 1. The fourth-order valence-electron chi connectivity index (χ4n) is 3.36. The van der Waals surface area contributed by atoms with Crippen molar-refractivity contribution in [1.82, 2.24) is 0 Å². The van der Waals surface area contributed by atoms with E-state index in [1.165, 1.54) is 6.07 Å². The third-order valence-corrected chi connectivity index (χ3v) is 5.37. The Morgan fingerprint density at radius 3 is 1.80 bits per heavy atom. The number of hydrogen-bond donors (Lipinski definition) is 0. The Morgan fingerprint density at radius 2 is 1.15 bits per heavy atom. The summed E-state index contributed by atoms with van der Waals surface area (Å²) in [6.07, 6.45) is 2.15. The zero-order valence-electron chi connectivity index (χ0n) is 21.7. The topological polar surface area (TPSA) is 52.6 Å². The molecule has 0 aliphatic rings. The molecular weight excluding hydrogens is 515 g/mol. The molecule has 0 atom stereocenters. The molecule has 4 aromatic carbocycles. The van der Waals surface area contributed by atoms with Gasteiger partial charge in [0.15, 0.2) is 0 Å². The molecule has 0 saturated heterocycles. The van der Waals surface area contributed by atoms with Gasteiger partial charge in [-0.15, -0.1) is 0 Å². The van der Waals surface area contributed by atoms with E-state index in [1.54, 1.807) is 54.6 Å². The van der Waals surface area contributed by atoms with E-state index in [0.717, 1.165) is 23.3 Å². The number of carbonyl (C=O) groups excluding carboxylic acids is 2. The van der Waals surface area contributed by atoms with Crippen LogP contribution in [0.5, 0.6) is 11.5 Å². The fraction of sp³-hybridized carbons (Fsp3) is 0. The van der Waals surface area contributed by atoms with Crippen molar-refractivity contribution in [2.24, 2.45) is 0 Å². The minimum Gasteiger partial charge on any atom is -0.423 e. The van der Waals surface area contributed by atoms with Crippen molar-refractivity contribution in [1.29, 1.82) is 0 Å². The van der Waals surface area contributed by atoms with Crippen molar-refractivity contribution in [2.75, 3.05) is 0 Å². The first-order valence-electron chi connectivity index (χ1n) is 12.3. The second-order valence-corrected chi connectivity index (χ2v) is 8.30. The molecule has 4 rings (SSSR count). The number of carbonyl (C=O) groups is 2. The average Bonchev–Trinajstić information content (AvgIpc) is 2.99.